The molecule has 6 fully saturated rings. The summed E-state index contributed by atoms with van der Waals surface area (Å²) in [5, 5.41) is 11.8. The van der Waals surface area contributed by atoms with Gasteiger partial charge in [-0.05, 0) is 86.9 Å². The van der Waals surface area contributed by atoms with Crippen LogP contribution in [0.1, 0.15) is 97.3 Å². The number of likely N-dealkylation sites (N-methyl/N-ethyl adjacent to an activating group) is 1. The molecule has 4 aliphatic carbocycles. The summed E-state index contributed by atoms with van der Waals surface area (Å²) in [6.45, 7) is 10.7. The first-order valence-corrected chi connectivity index (χ1v) is 15.1. The van der Waals surface area contributed by atoms with Crippen LogP contribution in [-0.4, -0.2) is 72.5 Å². The van der Waals surface area contributed by atoms with Crippen LogP contribution in [-0.2, 0) is 0 Å². The van der Waals surface area contributed by atoms with Crippen LogP contribution in [0.2, 0.25) is 0 Å². The monoisotopic (exact) mass is 458 g/mol. The molecule has 6 aliphatic rings. The van der Waals surface area contributed by atoms with Gasteiger partial charge in [-0.25, -0.2) is 0 Å². The molecule has 0 amide bonds. The van der Waals surface area contributed by atoms with Crippen LogP contribution in [0, 0.1) is 34.5 Å². The number of nitrogens with zero attached hydrogens (tertiary/aromatic N) is 2. The summed E-state index contributed by atoms with van der Waals surface area (Å²) >= 11 is 0. The number of aliphatic hydroxyl groups is 1. The number of rotatable bonds is 2. The van der Waals surface area contributed by atoms with E-state index in [1.165, 1.54) is 119 Å². The Morgan fingerprint density at radius 2 is 1.30 bits per heavy atom. The standard InChI is InChI=1S/C30H54N2O/c1-29-14-12-23(31(3)16-8-9-17-31)20-22(29)10-11-24-25(29)13-15-30(2)26(24)21-27(28(30)33)32(4)18-6-5-7-19-32/h22-28,33H,5-21H2,1-4H3/q+2/t22-,23-,24?,25?,26?,27-,28-,29-,30-/m0/s1. The molecule has 188 valence electrons. The predicted molar refractivity (Wildman–Crippen MR) is 136 cm³/mol. The van der Waals surface area contributed by atoms with E-state index in [4.69, 9.17) is 0 Å². The number of hydrogen-bond acceptors (Lipinski definition) is 1. The molecule has 6 rings (SSSR count). The molecule has 3 nitrogen and oxygen atoms in total. The van der Waals surface area contributed by atoms with E-state index in [2.05, 4.69) is 27.9 Å². The maximum absolute atomic E-state index is 11.8. The van der Waals surface area contributed by atoms with Crippen LogP contribution in [0.15, 0.2) is 0 Å². The molecule has 0 radical (unpaired) electrons. The van der Waals surface area contributed by atoms with Crippen LogP contribution in [0.5, 0.6) is 0 Å². The lowest BCUT2D eigenvalue weighted by atomic mass is 9.45. The molecule has 4 saturated carbocycles. The van der Waals surface area contributed by atoms with Gasteiger partial charge in [0.05, 0.1) is 46.3 Å². The zero-order chi connectivity index (χ0) is 23.1. The Morgan fingerprint density at radius 1 is 0.667 bits per heavy atom. The Morgan fingerprint density at radius 3 is 2.03 bits per heavy atom. The van der Waals surface area contributed by atoms with Crippen molar-refractivity contribution < 1.29 is 14.1 Å². The summed E-state index contributed by atoms with van der Waals surface area (Å²) in [6.07, 6.45) is 18.4. The molecule has 2 saturated heterocycles. The molecular formula is C30H54N2O+2. The number of quaternary nitrogens is 2. The van der Waals surface area contributed by atoms with Crippen molar-refractivity contribution in [2.45, 2.75) is 116 Å². The number of hydrogen-bond donors (Lipinski definition) is 1. The third-order valence-electron chi connectivity index (χ3n) is 13.7. The summed E-state index contributed by atoms with van der Waals surface area (Å²) in [4.78, 5) is 0. The van der Waals surface area contributed by atoms with E-state index < -0.39 is 0 Å². The lowest BCUT2D eigenvalue weighted by molar-refractivity contribution is -0.940. The van der Waals surface area contributed by atoms with E-state index in [0.717, 1.165) is 29.7 Å². The smallest absolute Gasteiger partial charge is 0.116 e. The maximum Gasteiger partial charge on any atom is 0.116 e. The Kier molecular flexibility index (Phi) is 5.60. The summed E-state index contributed by atoms with van der Waals surface area (Å²) in [6, 6.07) is 1.44. The Bertz CT molecular complexity index is 740. The molecule has 1 N–H and O–H groups in total. The molecule has 3 unspecified atom stereocenters. The molecule has 0 aromatic heterocycles. The molecule has 0 spiro atoms. The van der Waals surface area contributed by atoms with Crippen LogP contribution < -0.4 is 0 Å². The summed E-state index contributed by atoms with van der Waals surface area (Å²) in [5.41, 5.74) is 0.755. The highest BCUT2D eigenvalue weighted by Gasteiger charge is 2.65. The molecular weight excluding hydrogens is 404 g/mol. The lowest BCUT2D eigenvalue weighted by Crippen LogP contribution is -2.60. The molecule has 2 heterocycles. The highest BCUT2D eigenvalue weighted by atomic mass is 16.3. The van der Waals surface area contributed by atoms with E-state index >= 15 is 0 Å². The molecule has 0 aromatic rings. The number of likely N-dealkylation sites (tertiary alicyclic amines) is 2. The maximum atomic E-state index is 11.8. The third-order valence-corrected chi connectivity index (χ3v) is 13.7. The fourth-order valence-electron chi connectivity index (χ4n) is 11.4. The predicted octanol–water partition coefficient (Wildman–Crippen LogP) is 5.61. The van der Waals surface area contributed by atoms with E-state index in [-0.39, 0.29) is 11.5 Å². The Balaban J connectivity index is 1.22. The van der Waals surface area contributed by atoms with E-state index in [1.54, 1.807) is 0 Å². The fraction of sp³-hybridized carbons (Fsp3) is 1.00. The second kappa shape index (κ2) is 7.94. The third kappa shape index (κ3) is 3.37. The van der Waals surface area contributed by atoms with Gasteiger partial charge in [-0.15, -0.1) is 0 Å². The lowest BCUT2D eigenvalue weighted by Gasteiger charge is -2.61. The van der Waals surface area contributed by atoms with Crippen molar-refractivity contribution in [3.8, 4) is 0 Å². The summed E-state index contributed by atoms with van der Waals surface area (Å²) < 4.78 is 2.56. The van der Waals surface area contributed by atoms with Crippen LogP contribution in [0.25, 0.3) is 0 Å². The van der Waals surface area contributed by atoms with Crippen LogP contribution in [0.3, 0.4) is 0 Å². The quantitative estimate of drug-likeness (QED) is 0.533. The summed E-state index contributed by atoms with van der Waals surface area (Å²) in [5.74, 6) is 3.55. The average Bonchev–Trinajstić information content (AvgIpc) is 3.36. The van der Waals surface area contributed by atoms with Gasteiger partial charge in [0.15, 0.2) is 0 Å². The minimum atomic E-state index is -0.0765. The van der Waals surface area contributed by atoms with Gasteiger partial charge in [-0.3, -0.25) is 0 Å². The largest absolute Gasteiger partial charge is 0.386 e. The zero-order valence-electron chi connectivity index (χ0n) is 22.4. The highest BCUT2D eigenvalue weighted by Crippen LogP contribution is 2.67. The molecule has 3 heteroatoms. The average molecular weight is 459 g/mol. The van der Waals surface area contributed by atoms with E-state index in [1.807, 2.05) is 0 Å². The van der Waals surface area contributed by atoms with Gasteiger partial charge in [0.25, 0.3) is 0 Å². The van der Waals surface area contributed by atoms with Gasteiger partial charge in [-0.2, -0.15) is 0 Å². The SMILES string of the molecule is C[C@]12CCC3C(CC[C@H]4C[C@@H]([N+]5(C)CCCC5)CC[C@]34C)C1C[C@H]([N+]1(C)CCCCC1)[C@@H]2O. The molecule has 0 bridgehead atoms. The molecule has 9 atom stereocenters. The molecule has 2 aliphatic heterocycles. The minimum Gasteiger partial charge on any atom is -0.386 e. The van der Waals surface area contributed by atoms with Gasteiger partial charge in [0, 0.05) is 31.1 Å². The van der Waals surface area contributed by atoms with E-state index in [0.29, 0.717) is 11.5 Å². The highest BCUT2D eigenvalue weighted by molar-refractivity contribution is 5.12. The zero-order valence-corrected chi connectivity index (χ0v) is 22.4. The first kappa shape index (κ1) is 23.3. The normalized spacial score (nSPS) is 53.2. The van der Waals surface area contributed by atoms with E-state index in [9.17, 15) is 5.11 Å². The Labute approximate surface area is 204 Å². The van der Waals surface area contributed by atoms with Crippen molar-refractivity contribution in [3.63, 3.8) is 0 Å². The fourth-order valence-corrected chi connectivity index (χ4v) is 11.4. The van der Waals surface area contributed by atoms with Crippen LogP contribution >= 0.6 is 0 Å². The van der Waals surface area contributed by atoms with Gasteiger partial charge in [0.1, 0.15) is 12.1 Å². The number of piperidine rings is 1. The minimum absolute atomic E-state index is 0.0765. The topological polar surface area (TPSA) is 20.2 Å². The van der Waals surface area contributed by atoms with Gasteiger partial charge < -0.3 is 14.1 Å². The van der Waals surface area contributed by atoms with Crippen molar-refractivity contribution >= 4 is 0 Å². The van der Waals surface area contributed by atoms with Gasteiger partial charge in [0.2, 0.25) is 0 Å². The van der Waals surface area contributed by atoms with Gasteiger partial charge in [-0.1, -0.05) is 13.8 Å². The van der Waals surface area contributed by atoms with Gasteiger partial charge >= 0.3 is 0 Å². The molecule has 33 heavy (non-hydrogen) atoms. The first-order chi connectivity index (χ1) is 15.7. The second-order valence-electron chi connectivity index (χ2n) is 15.0. The van der Waals surface area contributed by atoms with Crippen molar-refractivity contribution in [2.24, 2.45) is 34.5 Å². The summed E-state index contributed by atoms with van der Waals surface area (Å²) in [7, 11) is 5.08. The number of aliphatic hydroxyl groups excluding tert-OH is 1. The molecule has 0 aromatic carbocycles. The number of fused-ring (bicyclic) bond motifs is 5. The van der Waals surface area contributed by atoms with Crippen molar-refractivity contribution in [3.05, 3.63) is 0 Å². The van der Waals surface area contributed by atoms with Crippen molar-refractivity contribution in [2.75, 3.05) is 40.3 Å². The second-order valence-corrected chi connectivity index (χ2v) is 15.0. The Hall–Kier alpha value is -0.120. The van der Waals surface area contributed by atoms with Crippen molar-refractivity contribution in [1.82, 2.24) is 0 Å². The first-order valence-electron chi connectivity index (χ1n) is 15.1. The van der Waals surface area contributed by atoms with Crippen molar-refractivity contribution in [1.29, 1.82) is 0 Å². The van der Waals surface area contributed by atoms with Crippen LogP contribution in [0.4, 0.5) is 0 Å².